The molecule has 1 aromatic rings. The smallest absolute Gasteiger partial charge is 0.255 e. The number of hydrogen-bond donors (Lipinski definition) is 1. The second-order valence-corrected chi connectivity index (χ2v) is 9.57. The number of amides is 1. The molecule has 2 saturated carbocycles. The third kappa shape index (κ3) is 3.58. The fraction of sp³-hybridized carbons (Fsp3) is 0.632. The molecule has 1 saturated heterocycles. The van der Waals surface area contributed by atoms with E-state index in [0.29, 0.717) is 38.0 Å². The SMILES string of the molecule is COc1ccc(S(=O)(=O)N2CCOCC2)cc1C(=O)N[C@@H]1C[C@H]2CC[C@H]1C2. The highest BCUT2D eigenvalue weighted by molar-refractivity contribution is 7.89. The van der Waals surface area contributed by atoms with E-state index in [2.05, 4.69) is 5.32 Å². The second-order valence-electron chi connectivity index (χ2n) is 7.63. The number of ether oxygens (including phenoxy) is 2. The number of carbonyl (C=O) groups excluding carboxylic acids is 1. The van der Waals surface area contributed by atoms with Crippen LogP contribution in [0.2, 0.25) is 0 Å². The van der Waals surface area contributed by atoms with Crippen LogP contribution in [0.15, 0.2) is 23.1 Å². The monoisotopic (exact) mass is 394 g/mol. The zero-order valence-electron chi connectivity index (χ0n) is 15.5. The summed E-state index contributed by atoms with van der Waals surface area (Å²) < 4.78 is 37.8. The molecular formula is C19H26N2O5S. The molecule has 1 heterocycles. The molecule has 8 heteroatoms. The predicted molar refractivity (Wildman–Crippen MR) is 99.3 cm³/mol. The largest absolute Gasteiger partial charge is 0.496 e. The van der Waals surface area contributed by atoms with E-state index >= 15 is 0 Å². The van der Waals surface area contributed by atoms with Gasteiger partial charge in [-0.15, -0.1) is 0 Å². The molecule has 3 aliphatic rings. The van der Waals surface area contributed by atoms with Gasteiger partial charge in [0, 0.05) is 19.1 Å². The van der Waals surface area contributed by atoms with Crippen molar-refractivity contribution in [3.63, 3.8) is 0 Å². The Kier molecular flexibility index (Phi) is 5.13. The van der Waals surface area contributed by atoms with Crippen LogP contribution >= 0.6 is 0 Å². The highest BCUT2D eigenvalue weighted by atomic mass is 32.2. The highest BCUT2D eigenvalue weighted by Gasteiger charge is 2.40. The number of sulfonamides is 1. The van der Waals surface area contributed by atoms with Crippen molar-refractivity contribution < 1.29 is 22.7 Å². The van der Waals surface area contributed by atoms with E-state index in [4.69, 9.17) is 9.47 Å². The van der Waals surface area contributed by atoms with Crippen molar-refractivity contribution in [2.45, 2.75) is 36.6 Å². The molecule has 3 atom stereocenters. The van der Waals surface area contributed by atoms with E-state index in [9.17, 15) is 13.2 Å². The Hall–Kier alpha value is -1.64. The number of carbonyl (C=O) groups is 1. The molecule has 1 aliphatic heterocycles. The molecule has 7 nitrogen and oxygen atoms in total. The maximum atomic E-state index is 12.9. The molecule has 0 radical (unpaired) electrons. The summed E-state index contributed by atoms with van der Waals surface area (Å²) in [5.74, 6) is 1.39. The summed E-state index contributed by atoms with van der Waals surface area (Å²) in [6.07, 6.45) is 4.63. The van der Waals surface area contributed by atoms with Gasteiger partial charge in [0.2, 0.25) is 10.0 Å². The van der Waals surface area contributed by atoms with Gasteiger partial charge in [0.15, 0.2) is 0 Å². The Labute approximate surface area is 160 Å². The fourth-order valence-electron chi connectivity index (χ4n) is 4.63. The first kappa shape index (κ1) is 18.7. The van der Waals surface area contributed by atoms with Crippen LogP contribution in [0.1, 0.15) is 36.0 Å². The van der Waals surface area contributed by atoms with Crippen molar-refractivity contribution >= 4 is 15.9 Å². The van der Waals surface area contributed by atoms with Crippen molar-refractivity contribution in [1.29, 1.82) is 0 Å². The minimum absolute atomic E-state index is 0.114. The van der Waals surface area contributed by atoms with Crippen LogP contribution in [-0.2, 0) is 14.8 Å². The van der Waals surface area contributed by atoms with E-state index in [1.807, 2.05) is 0 Å². The fourth-order valence-corrected chi connectivity index (χ4v) is 6.06. The third-order valence-corrected chi connectivity index (χ3v) is 7.97. The van der Waals surface area contributed by atoms with Crippen LogP contribution < -0.4 is 10.1 Å². The minimum Gasteiger partial charge on any atom is -0.496 e. The quantitative estimate of drug-likeness (QED) is 0.821. The van der Waals surface area contributed by atoms with Gasteiger partial charge in [0.1, 0.15) is 5.75 Å². The van der Waals surface area contributed by atoms with Crippen molar-refractivity contribution in [2.75, 3.05) is 33.4 Å². The van der Waals surface area contributed by atoms with Gasteiger partial charge >= 0.3 is 0 Å². The summed E-state index contributed by atoms with van der Waals surface area (Å²) in [5.41, 5.74) is 0.273. The van der Waals surface area contributed by atoms with Crippen molar-refractivity contribution in [2.24, 2.45) is 11.8 Å². The number of fused-ring (bicyclic) bond motifs is 2. The standard InChI is InChI=1S/C19H26N2O5S/c1-25-18-5-4-15(27(23,24)21-6-8-26-9-7-21)12-16(18)19(22)20-17-11-13-2-3-14(17)10-13/h4-5,12-14,17H,2-3,6-11H2,1H3,(H,20,22)/t13-,14-,17+/m0/s1. The Balaban J connectivity index is 1.58. The number of benzene rings is 1. The molecule has 1 amide bonds. The van der Waals surface area contributed by atoms with Gasteiger partial charge < -0.3 is 14.8 Å². The van der Waals surface area contributed by atoms with Gasteiger partial charge in [-0.2, -0.15) is 4.31 Å². The van der Waals surface area contributed by atoms with Gasteiger partial charge in [0.25, 0.3) is 5.91 Å². The van der Waals surface area contributed by atoms with Crippen LogP contribution in [0.25, 0.3) is 0 Å². The Morgan fingerprint density at radius 1 is 1.22 bits per heavy atom. The molecule has 27 heavy (non-hydrogen) atoms. The van der Waals surface area contributed by atoms with Gasteiger partial charge in [-0.1, -0.05) is 6.42 Å². The minimum atomic E-state index is -3.66. The summed E-state index contributed by atoms with van der Waals surface area (Å²) in [6, 6.07) is 4.67. The van der Waals surface area contributed by atoms with Gasteiger partial charge in [-0.05, 0) is 49.3 Å². The van der Waals surface area contributed by atoms with Gasteiger partial charge in [-0.3, -0.25) is 4.79 Å². The Bertz CT molecular complexity index is 819. The molecule has 4 rings (SSSR count). The zero-order chi connectivity index (χ0) is 19.0. The summed E-state index contributed by atoms with van der Waals surface area (Å²) in [7, 11) is -2.17. The number of hydrogen-bond acceptors (Lipinski definition) is 5. The van der Waals surface area contributed by atoms with Crippen LogP contribution in [-0.4, -0.2) is 58.1 Å². The predicted octanol–water partition coefficient (Wildman–Crippen LogP) is 1.63. The lowest BCUT2D eigenvalue weighted by Crippen LogP contribution is -2.41. The molecule has 0 unspecified atom stereocenters. The van der Waals surface area contributed by atoms with Crippen LogP contribution in [0.3, 0.4) is 0 Å². The number of methoxy groups -OCH3 is 1. The average molecular weight is 394 g/mol. The van der Waals surface area contributed by atoms with Crippen molar-refractivity contribution in [1.82, 2.24) is 9.62 Å². The summed E-state index contributed by atoms with van der Waals surface area (Å²) >= 11 is 0. The molecule has 1 aromatic carbocycles. The summed E-state index contributed by atoms with van der Waals surface area (Å²) in [4.78, 5) is 13.0. The van der Waals surface area contributed by atoms with E-state index < -0.39 is 10.0 Å². The first-order valence-electron chi connectivity index (χ1n) is 9.56. The lowest BCUT2D eigenvalue weighted by Gasteiger charge is -2.26. The molecule has 0 spiro atoms. The lowest BCUT2D eigenvalue weighted by atomic mass is 9.95. The molecule has 2 aliphatic carbocycles. The van der Waals surface area contributed by atoms with Crippen LogP contribution in [0.4, 0.5) is 0 Å². The summed E-state index contributed by atoms with van der Waals surface area (Å²) in [6.45, 7) is 1.40. The first-order valence-corrected chi connectivity index (χ1v) is 11.0. The van der Waals surface area contributed by atoms with Crippen LogP contribution in [0, 0.1) is 11.8 Å². The number of morpholine rings is 1. The van der Waals surface area contributed by atoms with E-state index in [-0.39, 0.29) is 22.4 Å². The molecule has 2 bridgehead atoms. The third-order valence-electron chi connectivity index (χ3n) is 6.08. The Morgan fingerprint density at radius 2 is 2.00 bits per heavy atom. The van der Waals surface area contributed by atoms with E-state index in [1.165, 1.54) is 36.4 Å². The summed E-state index contributed by atoms with van der Waals surface area (Å²) in [5, 5.41) is 3.11. The lowest BCUT2D eigenvalue weighted by molar-refractivity contribution is 0.0730. The molecular weight excluding hydrogens is 368 g/mol. The zero-order valence-corrected chi connectivity index (χ0v) is 16.3. The van der Waals surface area contributed by atoms with Gasteiger partial charge in [0.05, 0.1) is 30.8 Å². The Morgan fingerprint density at radius 3 is 2.63 bits per heavy atom. The average Bonchev–Trinajstić information content (AvgIpc) is 3.31. The highest BCUT2D eigenvalue weighted by Crippen LogP contribution is 2.44. The number of rotatable bonds is 5. The number of nitrogens with one attached hydrogen (secondary N) is 1. The molecule has 0 aromatic heterocycles. The van der Waals surface area contributed by atoms with Crippen molar-refractivity contribution in [3.05, 3.63) is 23.8 Å². The second kappa shape index (κ2) is 7.41. The van der Waals surface area contributed by atoms with E-state index in [1.54, 1.807) is 6.07 Å². The first-order chi connectivity index (χ1) is 13.0. The molecule has 148 valence electrons. The maximum absolute atomic E-state index is 12.9. The maximum Gasteiger partial charge on any atom is 0.255 e. The number of nitrogens with zero attached hydrogens (tertiary/aromatic N) is 1. The molecule has 1 N–H and O–H groups in total. The topological polar surface area (TPSA) is 84.9 Å². The van der Waals surface area contributed by atoms with Crippen molar-refractivity contribution in [3.8, 4) is 5.75 Å². The molecule has 3 fully saturated rings. The van der Waals surface area contributed by atoms with E-state index in [0.717, 1.165) is 18.8 Å². The normalized spacial score (nSPS) is 28.3. The van der Waals surface area contributed by atoms with Gasteiger partial charge in [-0.25, -0.2) is 8.42 Å². The van der Waals surface area contributed by atoms with Crippen LogP contribution in [0.5, 0.6) is 5.75 Å².